The molecule has 0 unspecified atom stereocenters. The van der Waals surface area contributed by atoms with Gasteiger partial charge in [0.1, 0.15) is 17.6 Å². The fraction of sp³-hybridized carbons (Fsp3) is 0.118. The molecule has 0 aliphatic carbocycles. The molecule has 0 bridgehead atoms. The van der Waals surface area contributed by atoms with E-state index in [2.05, 4.69) is 6.07 Å². The standard InChI is InChI=1S/C17H14ClNO2/c1-20-14-9-6-10-15(21-2)16(14)17(18)13(11-19)12-7-4-3-5-8-12/h3-10H,1-2H3. The lowest BCUT2D eigenvalue weighted by atomic mass is 10.0. The van der Waals surface area contributed by atoms with Gasteiger partial charge in [0, 0.05) is 0 Å². The lowest BCUT2D eigenvalue weighted by Gasteiger charge is -2.13. The van der Waals surface area contributed by atoms with Crippen molar-refractivity contribution in [1.29, 1.82) is 5.26 Å². The lowest BCUT2D eigenvalue weighted by Crippen LogP contribution is -1.96. The van der Waals surface area contributed by atoms with E-state index in [4.69, 9.17) is 21.1 Å². The molecule has 0 heterocycles. The van der Waals surface area contributed by atoms with Gasteiger partial charge in [0.25, 0.3) is 0 Å². The summed E-state index contributed by atoms with van der Waals surface area (Å²) in [6.45, 7) is 0. The maximum absolute atomic E-state index is 9.46. The number of ether oxygens (including phenoxy) is 2. The molecule has 0 saturated carbocycles. The fourth-order valence-electron chi connectivity index (χ4n) is 2.04. The highest BCUT2D eigenvalue weighted by Gasteiger charge is 2.18. The number of nitriles is 1. The third-order valence-corrected chi connectivity index (χ3v) is 3.42. The van der Waals surface area contributed by atoms with Crippen molar-refractivity contribution in [2.75, 3.05) is 14.2 Å². The SMILES string of the molecule is COc1cccc(OC)c1C(Cl)=C(C#N)c1ccccc1. The van der Waals surface area contributed by atoms with Crippen molar-refractivity contribution in [2.45, 2.75) is 0 Å². The van der Waals surface area contributed by atoms with Crippen LogP contribution in [0.1, 0.15) is 11.1 Å². The molecule has 106 valence electrons. The van der Waals surface area contributed by atoms with Gasteiger partial charge in [-0.15, -0.1) is 0 Å². The maximum atomic E-state index is 9.46. The second kappa shape index (κ2) is 6.83. The minimum atomic E-state index is 0.304. The summed E-state index contributed by atoms with van der Waals surface area (Å²) in [6.07, 6.45) is 0. The van der Waals surface area contributed by atoms with E-state index in [-0.39, 0.29) is 0 Å². The summed E-state index contributed by atoms with van der Waals surface area (Å²) >= 11 is 6.47. The summed E-state index contributed by atoms with van der Waals surface area (Å²) in [7, 11) is 3.11. The summed E-state index contributed by atoms with van der Waals surface area (Å²) < 4.78 is 10.7. The van der Waals surface area contributed by atoms with Crippen LogP contribution in [0.3, 0.4) is 0 Å². The number of nitrogens with zero attached hydrogens (tertiary/aromatic N) is 1. The third kappa shape index (κ3) is 3.01. The van der Waals surface area contributed by atoms with E-state index in [1.54, 1.807) is 32.4 Å². The summed E-state index contributed by atoms with van der Waals surface area (Å²) in [5.41, 5.74) is 1.70. The molecule has 2 aromatic carbocycles. The molecular weight excluding hydrogens is 286 g/mol. The second-order valence-electron chi connectivity index (χ2n) is 4.20. The van der Waals surface area contributed by atoms with Crippen molar-refractivity contribution in [3.05, 3.63) is 59.7 Å². The van der Waals surface area contributed by atoms with Gasteiger partial charge in [-0.05, 0) is 17.7 Å². The van der Waals surface area contributed by atoms with Crippen molar-refractivity contribution < 1.29 is 9.47 Å². The molecule has 21 heavy (non-hydrogen) atoms. The van der Waals surface area contributed by atoms with Crippen molar-refractivity contribution in [1.82, 2.24) is 0 Å². The van der Waals surface area contributed by atoms with Crippen LogP contribution in [0.25, 0.3) is 10.6 Å². The highest BCUT2D eigenvalue weighted by atomic mass is 35.5. The van der Waals surface area contributed by atoms with E-state index in [9.17, 15) is 5.26 Å². The third-order valence-electron chi connectivity index (χ3n) is 3.04. The van der Waals surface area contributed by atoms with E-state index in [0.29, 0.717) is 27.7 Å². The summed E-state index contributed by atoms with van der Waals surface area (Å²) in [5.74, 6) is 1.12. The van der Waals surface area contributed by atoms with E-state index in [1.165, 1.54) is 0 Å². The predicted octanol–water partition coefficient (Wildman–Crippen LogP) is 4.33. The van der Waals surface area contributed by atoms with Crippen LogP contribution in [0, 0.1) is 11.3 Å². The summed E-state index contributed by atoms with van der Waals surface area (Å²) in [5, 5.41) is 9.77. The number of benzene rings is 2. The summed E-state index contributed by atoms with van der Waals surface area (Å²) in [4.78, 5) is 0. The van der Waals surface area contributed by atoms with Crippen LogP contribution in [0.5, 0.6) is 11.5 Å². The number of allylic oxidation sites excluding steroid dienone is 1. The average Bonchev–Trinajstić information content (AvgIpc) is 2.55. The molecule has 0 saturated heterocycles. The molecule has 0 aromatic heterocycles. The van der Waals surface area contributed by atoms with Gasteiger partial charge < -0.3 is 9.47 Å². The van der Waals surface area contributed by atoms with Gasteiger partial charge in [0.2, 0.25) is 0 Å². The van der Waals surface area contributed by atoms with E-state index < -0.39 is 0 Å². The van der Waals surface area contributed by atoms with Gasteiger partial charge in [-0.1, -0.05) is 48.0 Å². The van der Waals surface area contributed by atoms with Crippen molar-refractivity contribution >= 4 is 22.2 Å². The lowest BCUT2D eigenvalue weighted by molar-refractivity contribution is 0.392. The number of hydrogen-bond acceptors (Lipinski definition) is 3. The van der Waals surface area contributed by atoms with Gasteiger partial charge in [0.05, 0.1) is 30.4 Å². The minimum absolute atomic E-state index is 0.304. The van der Waals surface area contributed by atoms with Gasteiger partial charge in [0.15, 0.2) is 0 Å². The monoisotopic (exact) mass is 299 g/mol. The zero-order valence-corrected chi connectivity index (χ0v) is 12.5. The first-order valence-electron chi connectivity index (χ1n) is 6.29. The van der Waals surface area contributed by atoms with Crippen LogP contribution in [0.15, 0.2) is 48.5 Å². The Hall–Kier alpha value is -2.44. The molecule has 0 aliphatic heterocycles. The number of halogens is 1. The molecule has 0 spiro atoms. The van der Waals surface area contributed by atoms with Crippen LogP contribution in [-0.2, 0) is 0 Å². The van der Waals surface area contributed by atoms with E-state index in [0.717, 1.165) is 5.56 Å². The zero-order valence-electron chi connectivity index (χ0n) is 11.8. The molecule has 4 heteroatoms. The predicted molar refractivity (Wildman–Crippen MR) is 84.3 cm³/mol. The normalized spacial score (nSPS) is 11.3. The molecule has 0 amide bonds. The van der Waals surface area contributed by atoms with E-state index >= 15 is 0 Å². The Morgan fingerprint density at radius 1 is 0.952 bits per heavy atom. The van der Waals surface area contributed by atoms with Gasteiger partial charge in [-0.3, -0.25) is 0 Å². The summed E-state index contributed by atoms with van der Waals surface area (Å²) in [6, 6.07) is 16.8. The van der Waals surface area contributed by atoms with Crippen molar-refractivity contribution in [3.8, 4) is 17.6 Å². The Bertz CT molecular complexity index is 680. The van der Waals surface area contributed by atoms with Gasteiger partial charge in [-0.25, -0.2) is 0 Å². The van der Waals surface area contributed by atoms with Crippen LogP contribution in [0.2, 0.25) is 0 Å². The topological polar surface area (TPSA) is 42.2 Å². The number of methoxy groups -OCH3 is 2. The fourth-order valence-corrected chi connectivity index (χ4v) is 2.38. The van der Waals surface area contributed by atoms with Crippen LogP contribution < -0.4 is 9.47 Å². The molecule has 2 rings (SSSR count). The van der Waals surface area contributed by atoms with Crippen molar-refractivity contribution in [2.24, 2.45) is 0 Å². The largest absolute Gasteiger partial charge is 0.496 e. The number of hydrogen-bond donors (Lipinski definition) is 0. The minimum Gasteiger partial charge on any atom is -0.496 e. The molecule has 3 nitrogen and oxygen atoms in total. The van der Waals surface area contributed by atoms with Gasteiger partial charge >= 0.3 is 0 Å². The van der Waals surface area contributed by atoms with Crippen LogP contribution in [-0.4, -0.2) is 14.2 Å². The molecule has 0 fully saturated rings. The quantitative estimate of drug-likeness (QED) is 0.623. The van der Waals surface area contributed by atoms with Gasteiger partial charge in [-0.2, -0.15) is 5.26 Å². The first-order chi connectivity index (χ1) is 10.2. The highest BCUT2D eigenvalue weighted by Crippen LogP contribution is 2.40. The van der Waals surface area contributed by atoms with Crippen LogP contribution in [0.4, 0.5) is 0 Å². The maximum Gasteiger partial charge on any atom is 0.131 e. The number of rotatable bonds is 4. The average molecular weight is 300 g/mol. The Kier molecular flexibility index (Phi) is 4.86. The highest BCUT2D eigenvalue weighted by molar-refractivity contribution is 6.54. The first-order valence-corrected chi connectivity index (χ1v) is 6.67. The Balaban J connectivity index is 2.70. The molecule has 0 atom stereocenters. The Morgan fingerprint density at radius 2 is 1.52 bits per heavy atom. The second-order valence-corrected chi connectivity index (χ2v) is 4.58. The molecule has 0 aliphatic rings. The molecule has 2 aromatic rings. The first kappa shape index (κ1) is 15.0. The van der Waals surface area contributed by atoms with E-state index in [1.807, 2.05) is 30.3 Å². The Labute approximate surface area is 129 Å². The molecule has 0 N–H and O–H groups in total. The van der Waals surface area contributed by atoms with Crippen molar-refractivity contribution in [3.63, 3.8) is 0 Å². The Morgan fingerprint density at radius 3 is 2.00 bits per heavy atom. The molecule has 0 radical (unpaired) electrons. The van der Waals surface area contributed by atoms with Crippen LogP contribution >= 0.6 is 11.6 Å². The zero-order chi connectivity index (χ0) is 15.2. The molecular formula is C17H14ClNO2. The smallest absolute Gasteiger partial charge is 0.131 e.